The van der Waals surface area contributed by atoms with Gasteiger partial charge in [-0.2, -0.15) is 0 Å². The summed E-state index contributed by atoms with van der Waals surface area (Å²) in [6, 6.07) is 0.505. The summed E-state index contributed by atoms with van der Waals surface area (Å²) in [7, 11) is 0. The van der Waals surface area contributed by atoms with Gasteiger partial charge in [-0.1, -0.05) is 19.8 Å². The van der Waals surface area contributed by atoms with Crippen LogP contribution in [-0.4, -0.2) is 35.2 Å². The Morgan fingerprint density at radius 3 is 2.70 bits per heavy atom. The third-order valence-electron chi connectivity index (χ3n) is 5.73. The highest BCUT2D eigenvalue weighted by Gasteiger charge is 2.28. The Labute approximate surface area is 172 Å². The van der Waals surface area contributed by atoms with Gasteiger partial charge in [-0.15, -0.1) is 11.3 Å². The molecule has 0 spiro atoms. The van der Waals surface area contributed by atoms with Gasteiger partial charge in [-0.05, 0) is 76.1 Å². The predicted octanol–water partition coefficient (Wildman–Crippen LogP) is 5.55. The fraction of sp³-hybridized carbons (Fsp3) is 0.714. The zero-order valence-corrected chi connectivity index (χ0v) is 18.3. The van der Waals surface area contributed by atoms with Gasteiger partial charge in [0.1, 0.15) is 5.00 Å². The Kier molecular flexibility index (Phi) is 7.53. The summed E-state index contributed by atoms with van der Waals surface area (Å²) in [6.45, 7) is 5.50. The molecule has 0 amide bonds. The summed E-state index contributed by atoms with van der Waals surface area (Å²) >= 11 is 7.49. The Bertz CT molecular complexity index is 671. The monoisotopic (exact) mass is 408 g/mol. The van der Waals surface area contributed by atoms with Crippen molar-refractivity contribution in [2.45, 2.75) is 84.1 Å². The van der Waals surface area contributed by atoms with Crippen LogP contribution in [0.25, 0.3) is 0 Å². The van der Waals surface area contributed by atoms with Crippen molar-refractivity contribution in [2.24, 2.45) is 0 Å². The lowest BCUT2D eigenvalue weighted by Gasteiger charge is -2.37. The molecule has 1 aliphatic carbocycles. The molecule has 0 bridgehead atoms. The highest BCUT2D eigenvalue weighted by Crippen LogP contribution is 2.38. The highest BCUT2D eigenvalue weighted by molar-refractivity contribution is 7.80. The van der Waals surface area contributed by atoms with Crippen LogP contribution in [0.4, 0.5) is 5.00 Å². The molecule has 1 atom stereocenters. The molecule has 6 heteroatoms. The first-order chi connectivity index (χ1) is 13.2. The summed E-state index contributed by atoms with van der Waals surface area (Å²) < 4.78 is 5.41. The van der Waals surface area contributed by atoms with Gasteiger partial charge in [0.25, 0.3) is 0 Å². The van der Waals surface area contributed by atoms with Crippen LogP contribution in [0, 0.1) is 0 Å². The number of thiophene rings is 1. The molecule has 0 radical (unpaired) electrons. The van der Waals surface area contributed by atoms with Crippen LogP contribution in [0.5, 0.6) is 0 Å². The lowest BCUT2D eigenvalue weighted by atomic mass is 9.96. The Balaban J connectivity index is 1.87. The fourth-order valence-electron chi connectivity index (χ4n) is 4.29. The van der Waals surface area contributed by atoms with E-state index in [1.54, 1.807) is 11.3 Å². The lowest BCUT2D eigenvalue weighted by molar-refractivity contribution is 0.0526. The van der Waals surface area contributed by atoms with Crippen molar-refractivity contribution in [3.8, 4) is 0 Å². The highest BCUT2D eigenvalue weighted by atomic mass is 32.1. The molecule has 1 aromatic heterocycles. The van der Waals surface area contributed by atoms with Gasteiger partial charge in [0.05, 0.1) is 12.2 Å². The van der Waals surface area contributed by atoms with E-state index in [0.717, 1.165) is 47.9 Å². The number of thiocarbonyl (C=S) groups is 1. The first-order valence-electron chi connectivity index (χ1n) is 10.5. The molecule has 150 valence electrons. The fourth-order valence-corrected chi connectivity index (χ4v) is 5.97. The van der Waals surface area contributed by atoms with E-state index < -0.39 is 0 Å². The molecular weight excluding hydrogens is 376 g/mol. The number of carbonyl (C=O) groups excluding carboxylic acids is 1. The topological polar surface area (TPSA) is 41.6 Å². The van der Waals surface area contributed by atoms with Crippen LogP contribution in [-0.2, 0) is 17.6 Å². The molecule has 27 heavy (non-hydrogen) atoms. The summed E-state index contributed by atoms with van der Waals surface area (Å²) in [5.41, 5.74) is 1.94. The molecule has 1 N–H and O–H groups in total. The van der Waals surface area contributed by atoms with Crippen LogP contribution in [0.15, 0.2) is 0 Å². The third-order valence-corrected chi connectivity index (χ3v) is 7.27. The van der Waals surface area contributed by atoms with Crippen molar-refractivity contribution in [3.05, 3.63) is 16.0 Å². The average molecular weight is 409 g/mol. The number of likely N-dealkylation sites (tertiary alicyclic amines) is 1. The van der Waals surface area contributed by atoms with Crippen molar-refractivity contribution in [2.75, 3.05) is 18.5 Å². The van der Waals surface area contributed by atoms with Gasteiger partial charge >= 0.3 is 5.97 Å². The molecule has 2 heterocycles. The second-order valence-corrected chi connectivity index (χ2v) is 9.02. The maximum absolute atomic E-state index is 12.8. The Morgan fingerprint density at radius 2 is 1.96 bits per heavy atom. The maximum atomic E-state index is 12.8. The first kappa shape index (κ1) is 20.6. The minimum atomic E-state index is -0.202. The summed E-state index contributed by atoms with van der Waals surface area (Å²) in [6.07, 6.45) is 11.6. The van der Waals surface area contributed by atoms with E-state index >= 15 is 0 Å². The second kappa shape index (κ2) is 9.87. The van der Waals surface area contributed by atoms with E-state index in [0.29, 0.717) is 12.6 Å². The van der Waals surface area contributed by atoms with E-state index in [2.05, 4.69) is 17.1 Å². The van der Waals surface area contributed by atoms with Crippen molar-refractivity contribution >= 4 is 39.6 Å². The van der Waals surface area contributed by atoms with Crippen LogP contribution in [0.2, 0.25) is 0 Å². The van der Waals surface area contributed by atoms with E-state index in [9.17, 15) is 4.79 Å². The zero-order valence-electron chi connectivity index (χ0n) is 16.6. The third kappa shape index (κ3) is 4.83. The minimum Gasteiger partial charge on any atom is -0.462 e. The minimum absolute atomic E-state index is 0.202. The quantitative estimate of drug-likeness (QED) is 0.523. The number of esters is 1. The molecule has 1 aliphatic heterocycles. The number of anilines is 1. The Hall–Kier alpha value is -1.14. The normalized spacial score (nSPS) is 20.4. The number of rotatable bonds is 4. The van der Waals surface area contributed by atoms with Crippen LogP contribution < -0.4 is 5.32 Å². The van der Waals surface area contributed by atoms with Crippen molar-refractivity contribution in [3.63, 3.8) is 0 Å². The van der Waals surface area contributed by atoms with Crippen LogP contribution >= 0.6 is 23.6 Å². The number of ether oxygens (including phenoxy) is 1. The number of hydrogen-bond acceptors (Lipinski definition) is 4. The average Bonchev–Trinajstić information content (AvgIpc) is 2.98. The Morgan fingerprint density at radius 1 is 1.19 bits per heavy atom. The van der Waals surface area contributed by atoms with E-state index in [-0.39, 0.29) is 5.97 Å². The molecule has 3 rings (SSSR count). The number of nitrogens with one attached hydrogen (secondary N) is 1. The molecule has 1 aromatic rings. The van der Waals surface area contributed by atoms with Gasteiger partial charge in [0.2, 0.25) is 0 Å². The lowest BCUT2D eigenvalue weighted by Crippen LogP contribution is -2.45. The van der Waals surface area contributed by atoms with E-state index in [1.807, 2.05) is 6.92 Å². The van der Waals surface area contributed by atoms with Crippen LogP contribution in [0.3, 0.4) is 0 Å². The zero-order chi connectivity index (χ0) is 19.2. The molecule has 0 aromatic carbocycles. The summed E-state index contributed by atoms with van der Waals surface area (Å²) in [4.78, 5) is 16.4. The molecule has 1 saturated heterocycles. The SMILES string of the molecule is CCOC(=O)c1c(NC(=S)N2CCCCC2CC)sc2c1CCCCCC2. The predicted molar refractivity (Wildman–Crippen MR) is 117 cm³/mol. The summed E-state index contributed by atoms with van der Waals surface area (Å²) in [5, 5.41) is 5.12. The first-order valence-corrected chi connectivity index (χ1v) is 11.8. The smallest absolute Gasteiger partial charge is 0.341 e. The standard InChI is InChI=1S/C21H32N2O2S2/c1-3-15-11-9-10-14-23(15)21(26)22-19-18(20(24)25-4-2)16-12-7-5-6-8-13-17(16)27-19/h15H,3-14H2,1-2H3,(H,22,26). The molecule has 1 fully saturated rings. The second-order valence-electron chi connectivity index (χ2n) is 7.52. The van der Waals surface area contributed by atoms with Crippen molar-refractivity contribution < 1.29 is 9.53 Å². The number of carbonyl (C=O) groups is 1. The largest absolute Gasteiger partial charge is 0.462 e. The number of hydrogen-bond donors (Lipinski definition) is 1. The maximum Gasteiger partial charge on any atom is 0.341 e. The van der Waals surface area contributed by atoms with Gasteiger partial charge in [0.15, 0.2) is 5.11 Å². The number of piperidine rings is 1. The van der Waals surface area contributed by atoms with Crippen molar-refractivity contribution in [1.29, 1.82) is 0 Å². The van der Waals surface area contributed by atoms with Gasteiger partial charge in [-0.25, -0.2) is 4.79 Å². The number of nitrogens with zero attached hydrogens (tertiary/aromatic N) is 1. The van der Waals surface area contributed by atoms with E-state index in [4.69, 9.17) is 17.0 Å². The van der Waals surface area contributed by atoms with Gasteiger partial charge in [0, 0.05) is 17.5 Å². The number of fused-ring (bicyclic) bond motifs is 1. The molecule has 2 aliphatic rings. The molecular formula is C21H32N2O2S2. The molecule has 4 nitrogen and oxygen atoms in total. The molecule has 1 unspecified atom stereocenters. The van der Waals surface area contributed by atoms with Gasteiger partial charge < -0.3 is 15.0 Å². The van der Waals surface area contributed by atoms with Gasteiger partial charge in [-0.3, -0.25) is 0 Å². The van der Waals surface area contributed by atoms with Crippen LogP contribution in [0.1, 0.15) is 86.0 Å². The summed E-state index contributed by atoms with van der Waals surface area (Å²) in [5.74, 6) is -0.202. The number of aryl methyl sites for hydroxylation is 1. The molecule has 0 saturated carbocycles. The van der Waals surface area contributed by atoms with Crippen molar-refractivity contribution in [1.82, 2.24) is 4.90 Å². The van der Waals surface area contributed by atoms with E-state index in [1.165, 1.54) is 49.0 Å².